The molecule has 1 atom stereocenters. The summed E-state index contributed by atoms with van der Waals surface area (Å²) in [6, 6.07) is 5.40. The molecule has 0 heterocycles. The van der Waals surface area contributed by atoms with Crippen molar-refractivity contribution in [2.24, 2.45) is 0 Å². The van der Waals surface area contributed by atoms with Crippen molar-refractivity contribution in [3.8, 4) is 5.75 Å². The third-order valence-corrected chi connectivity index (χ3v) is 3.40. The second-order valence-electron chi connectivity index (χ2n) is 5.15. The topological polar surface area (TPSA) is 64.3 Å². The first kappa shape index (κ1) is 16.3. The van der Waals surface area contributed by atoms with E-state index in [1.165, 1.54) is 19.3 Å². The Morgan fingerprint density at radius 1 is 1.35 bits per heavy atom. The van der Waals surface area contributed by atoms with Crippen molar-refractivity contribution in [2.75, 3.05) is 12.8 Å². The zero-order chi connectivity index (χ0) is 15.0. The van der Waals surface area contributed by atoms with Gasteiger partial charge in [-0.25, -0.2) is 0 Å². The lowest BCUT2D eigenvalue weighted by Gasteiger charge is -2.15. The number of nitrogen functional groups attached to an aromatic ring is 1. The number of rotatable bonds is 8. The van der Waals surface area contributed by atoms with Gasteiger partial charge in [0.15, 0.2) is 0 Å². The van der Waals surface area contributed by atoms with E-state index in [9.17, 15) is 4.79 Å². The van der Waals surface area contributed by atoms with Gasteiger partial charge in [0.1, 0.15) is 5.75 Å². The summed E-state index contributed by atoms with van der Waals surface area (Å²) in [7, 11) is 1.55. The molecule has 1 aromatic carbocycles. The summed E-state index contributed by atoms with van der Waals surface area (Å²) < 4.78 is 5.13. The molecule has 0 fully saturated rings. The molecule has 3 N–H and O–H groups in total. The number of hydrogen-bond donors (Lipinski definition) is 2. The fourth-order valence-electron chi connectivity index (χ4n) is 2.17. The van der Waals surface area contributed by atoms with Crippen molar-refractivity contribution < 1.29 is 9.53 Å². The normalized spacial score (nSPS) is 11.9. The highest BCUT2D eigenvalue weighted by Gasteiger charge is 2.14. The predicted molar refractivity (Wildman–Crippen MR) is 83.1 cm³/mol. The Balaban J connectivity index is 2.54. The smallest absolute Gasteiger partial charge is 0.253 e. The van der Waals surface area contributed by atoms with Crippen LogP contribution in [0.1, 0.15) is 56.3 Å². The van der Waals surface area contributed by atoms with Gasteiger partial charge >= 0.3 is 0 Å². The minimum atomic E-state index is -0.135. The Kier molecular flexibility index (Phi) is 6.91. The minimum Gasteiger partial charge on any atom is -0.495 e. The molecule has 20 heavy (non-hydrogen) atoms. The van der Waals surface area contributed by atoms with Gasteiger partial charge in [-0.3, -0.25) is 4.79 Å². The molecule has 0 bridgehead atoms. The number of benzene rings is 1. The molecular formula is C16H26N2O2. The molecule has 4 nitrogen and oxygen atoms in total. The molecular weight excluding hydrogens is 252 g/mol. The van der Waals surface area contributed by atoms with E-state index in [-0.39, 0.29) is 11.9 Å². The SMILES string of the molecule is CCCCCCC(C)NC(=O)c1cccc(OC)c1N. The van der Waals surface area contributed by atoms with Crippen LogP contribution in [0.3, 0.4) is 0 Å². The number of amides is 1. The maximum absolute atomic E-state index is 12.2. The first-order chi connectivity index (χ1) is 9.60. The lowest BCUT2D eigenvalue weighted by Crippen LogP contribution is -2.33. The third-order valence-electron chi connectivity index (χ3n) is 3.40. The highest BCUT2D eigenvalue weighted by atomic mass is 16.5. The first-order valence-corrected chi connectivity index (χ1v) is 7.33. The van der Waals surface area contributed by atoms with E-state index in [0.717, 1.165) is 12.8 Å². The van der Waals surface area contributed by atoms with Crippen LogP contribution in [0.2, 0.25) is 0 Å². The van der Waals surface area contributed by atoms with Crippen LogP contribution in [0.15, 0.2) is 18.2 Å². The lowest BCUT2D eigenvalue weighted by atomic mass is 10.1. The minimum absolute atomic E-state index is 0.135. The number of ether oxygens (including phenoxy) is 1. The molecule has 0 aliphatic carbocycles. The van der Waals surface area contributed by atoms with Crippen LogP contribution in [0, 0.1) is 0 Å². The standard InChI is InChI=1S/C16H26N2O2/c1-4-5-6-7-9-12(2)18-16(19)13-10-8-11-14(20-3)15(13)17/h8,10-12H,4-7,9,17H2,1-3H3,(H,18,19). The van der Waals surface area contributed by atoms with E-state index in [0.29, 0.717) is 17.0 Å². The highest BCUT2D eigenvalue weighted by molar-refractivity contribution is 6.00. The van der Waals surface area contributed by atoms with Crippen LogP contribution >= 0.6 is 0 Å². The van der Waals surface area contributed by atoms with Crippen molar-refractivity contribution in [3.05, 3.63) is 23.8 Å². The number of hydrogen-bond acceptors (Lipinski definition) is 3. The molecule has 1 aromatic rings. The predicted octanol–water partition coefficient (Wildman–Crippen LogP) is 3.37. The van der Waals surface area contributed by atoms with Gasteiger partial charge in [0, 0.05) is 6.04 Å². The van der Waals surface area contributed by atoms with E-state index in [1.54, 1.807) is 25.3 Å². The molecule has 112 valence electrons. The van der Waals surface area contributed by atoms with E-state index in [2.05, 4.69) is 12.2 Å². The van der Waals surface area contributed by atoms with Crippen molar-refractivity contribution in [1.82, 2.24) is 5.32 Å². The first-order valence-electron chi connectivity index (χ1n) is 7.33. The summed E-state index contributed by atoms with van der Waals surface area (Å²) in [5.74, 6) is 0.401. The van der Waals surface area contributed by atoms with Gasteiger partial charge in [0.2, 0.25) is 0 Å². The van der Waals surface area contributed by atoms with E-state index < -0.39 is 0 Å². The fraction of sp³-hybridized carbons (Fsp3) is 0.562. The second kappa shape index (κ2) is 8.46. The summed E-state index contributed by atoms with van der Waals surface area (Å²) in [5.41, 5.74) is 6.80. The molecule has 1 unspecified atom stereocenters. The van der Waals surface area contributed by atoms with Crippen molar-refractivity contribution >= 4 is 11.6 Å². The van der Waals surface area contributed by atoms with Gasteiger partial charge in [-0.15, -0.1) is 0 Å². The van der Waals surface area contributed by atoms with Crippen LogP contribution in [0.25, 0.3) is 0 Å². The quantitative estimate of drug-likeness (QED) is 0.566. The van der Waals surface area contributed by atoms with Crippen molar-refractivity contribution in [3.63, 3.8) is 0 Å². The van der Waals surface area contributed by atoms with Crippen LogP contribution in [-0.4, -0.2) is 19.1 Å². The summed E-state index contributed by atoms with van der Waals surface area (Å²) in [4.78, 5) is 12.2. The van der Waals surface area contributed by atoms with Gasteiger partial charge in [-0.05, 0) is 25.5 Å². The van der Waals surface area contributed by atoms with Crippen LogP contribution in [0.4, 0.5) is 5.69 Å². The molecule has 1 rings (SSSR count). The van der Waals surface area contributed by atoms with E-state index in [4.69, 9.17) is 10.5 Å². The number of unbranched alkanes of at least 4 members (excludes halogenated alkanes) is 3. The number of nitrogens with one attached hydrogen (secondary N) is 1. The molecule has 0 saturated heterocycles. The molecule has 0 spiro atoms. The lowest BCUT2D eigenvalue weighted by molar-refractivity contribution is 0.0938. The van der Waals surface area contributed by atoms with Crippen molar-refractivity contribution in [1.29, 1.82) is 0 Å². The molecule has 4 heteroatoms. The van der Waals surface area contributed by atoms with Crippen LogP contribution in [0.5, 0.6) is 5.75 Å². The summed E-state index contributed by atoms with van der Waals surface area (Å²) in [6.07, 6.45) is 5.83. The molecule has 1 amide bonds. The van der Waals surface area contributed by atoms with Crippen LogP contribution in [-0.2, 0) is 0 Å². The number of carbonyl (C=O) groups excluding carboxylic acids is 1. The van der Waals surface area contributed by atoms with Gasteiger partial charge in [0.05, 0.1) is 18.4 Å². The Morgan fingerprint density at radius 3 is 2.75 bits per heavy atom. The van der Waals surface area contributed by atoms with E-state index in [1.807, 2.05) is 6.92 Å². The van der Waals surface area contributed by atoms with Crippen molar-refractivity contribution in [2.45, 2.75) is 52.0 Å². The monoisotopic (exact) mass is 278 g/mol. The van der Waals surface area contributed by atoms with Gasteiger partial charge in [-0.1, -0.05) is 38.7 Å². The Bertz CT molecular complexity index is 432. The maximum atomic E-state index is 12.2. The number of nitrogens with two attached hydrogens (primary N) is 1. The average molecular weight is 278 g/mol. The average Bonchev–Trinajstić information content (AvgIpc) is 2.43. The zero-order valence-corrected chi connectivity index (χ0v) is 12.7. The number of carbonyl (C=O) groups is 1. The van der Waals surface area contributed by atoms with Gasteiger partial charge < -0.3 is 15.8 Å². The van der Waals surface area contributed by atoms with Gasteiger partial charge in [-0.2, -0.15) is 0 Å². The summed E-state index contributed by atoms with van der Waals surface area (Å²) in [5, 5.41) is 2.99. The number of methoxy groups -OCH3 is 1. The van der Waals surface area contributed by atoms with E-state index >= 15 is 0 Å². The number of anilines is 1. The Morgan fingerprint density at radius 2 is 2.10 bits per heavy atom. The molecule has 0 aliphatic heterocycles. The second-order valence-corrected chi connectivity index (χ2v) is 5.15. The Labute approximate surface area is 121 Å². The van der Waals surface area contributed by atoms with Gasteiger partial charge in [0.25, 0.3) is 5.91 Å². The fourth-order valence-corrected chi connectivity index (χ4v) is 2.17. The largest absolute Gasteiger partial charge is 0.495 e. The van der Waals surface area contributed by atoms with Crippen LogP contribution < -0.4 is 15.8 Å². The Hall–Kier alpha value is -1.71. The maximum Gasteiger partial charge on any atom is 0.253 e. The zero-order valence-electron chi connectivity index (χ0n) is 12.7. The third kappa shape index (κ3) is 4.76. The molecule has 0 aromatic heterocycles. The highest BCUT2D eigenvalue weighted by Crippen LogP contribution is 2.24. The number of para-hydroxylation sites is 1. The molecule has 0 saturated carbocycles. The summed E-state index contributed by atoms with van der Waals surface area (Å²) in [6.45, 7) is 4.22. The molecule has 0 aliphatic rings. The molecule has 0 radical (unpaired) electrons. The summed E-state index contributed by atoms with van der Waals surface area (Å²) >= 11 is 0.